The number of rotatable bonds is 6. The van der Waals surface area contributed by atoms with Crippen LogP contribution in [0, 0.1) is 0 Å². The number of carbonyl (C=O) groups is 2. The minimum absolute atomic E-state index is 0.0366. The van der Waals surface area contributed by atoms with E-state index in [0.29, 0.717) is 24.1 Å². The molecule has 0 aliphatic carbocycles. The molecular formula is C24H24N2O2. The minimum atomic E-state index is -0.0972. The molecule has 0 aromatic heterocycles. The van der Waals surface area contributed by atoms with Crippen molar-refractivity contribution in [3.8, 4) is 0 Å². The van der Waals surface area contributed by atoms with E-state index in [9.17, 15) is 9.59 Å². The van der Waals surface area contributed by atoms with E-state index in [4.69, 9.17) is 0 Å². The van der Waals surface area contributed by atoms with E-state index < -0.39 is 0 Å². The molecule has 0 saturated heterocycles. The van der Waals surface area contributed by atoms with Gasteiger partial charge in [-0.15, -0.1) is 0 Å². The summed E-state index contributed by atoms with van der Waals surface area (Å²) in [5.41, 5.74) is 4.44. The summed E-state index contributed by atoms with van der Waals surface area (Å²) in [5.74, 6) is -0.134. The molecule has 4 heteroatoms. The molecule has 2 amide bonds. The van der Waals surface area contributed by atoms with E-state index in [1.165, 1.54) is 5.56 Å². The van der Waals surface area contributed by atoms with E-state index in [-0.39, 0.29) is 11.8 Å². The standard InChI is InChI=1S/C24H24N2O2/c1-26(2)24(28)20-14-12-19(13-15-20)17-25-23(27)22-11-7-6-10-21(22)16-18-8-4-3-5-9-18/h3-15H,16-17H2,1-2H3,(H,25,27). The van der Waals surface area contributed by atoms with E-state index in [0.717, 1.165) is 11.1 Å². The molecule has 0 spiro atoms. The summed E-state index contributed by atoms with van der Waals surface area (Å²) in [4.78, 5) is 26.2. The van der Waals surface area contributed by atoms with Gasteiger partial charge in [0.15, 0.2) is 0 Å². The Bertz CT molecular complexity index is 948. The summed E-state index contributed by atoms with van der Waals surface area (Å²) in [6, 6.07) is 25.1. The van der Waals surface area contributed by atoms with Gasteiger partial charge >= 0.3 is 0 Å². The molecule has 0 atom stereocenters. The Morgan fingerprint density at radius 3 is 2.11 bits per heavy atom. The highest BCUT2D eigenvalue weighted by Gasteiger charge is 2.12. The van der Waals surface area contributed by atoms with Gasteiger partial charge in [-0.3, -0.25) is 9.59 Å². The quantitative estimate of drug-likeness (QED) is 0.713. The first-order valence-corrected chi connectivity index (χ1v) is 9.25. The van der Waals surface area contributed by atoms with E-state index in [2.05, 4.69) is 17.4 Å². The fourth-order valence-corrected chi connectivity index (χ4v) is 3.01. The van der Waals surface area contributed by atoms with Gasteiger partial charge in [0.2, 0.25) is 0 Å². The topological polar surface area (TPSA) is 49.4 Å². The van der Waals surface area contributed by atoms with Crippen molar-refractivity contribution >= 4 is 11.8 Å². The number of nitrogens with one attached hydrogen (secondary N) is 1. The van der Waals surface area contributed by atoms with E-state index >= 15 is 0 Å². The van der Waals surface area contributed by atoms with Gasteiger partial charge < -0.3 is 10.2 Å². The van der Waals surface area contributed by atoms with E-state index in [1.54, 1.807) is 31.1 Å². The van der Waals surface area contributed by atoms with Crippen molar-refractivity contribution in [1.82, 2.24) is 10.2 Å². The zero-order chi connectivity index (χ0) is 19.9. The molecule has 0 saturated carbocycles. The Morgan fingerprint density at radius 1 is 0.786 bits per heavy atom. The average molecular weight is 372 g/mol. The lowest BCUT2D eigenvalue weighted by molar-refractivity contribution is 0.0827. The van der Waals surface area contributed by atoms with Gasteiger partial charge in [0.1, 0.15) is 0 Å². The van der Waals surface area contributed by atoms with Crippen LogP contribution in [0.25, 0.3) is 0 Å². The van der Waals surface area contributed by atoms with Crippen molar-refractivity contribution in [2.75, 3.05) is 14.1 Å². The predicted octanol–water partition coefficient (Wildman–Crippen LogP) is 3.91. The lowest BCUT2D eigenvalue weighted by atomic mass is 9.99. The Hall–Kier alpha value is -3.40. The van der Waals surface area contributed by atoms with Crippen LogP contribution in [0.3, 0.4) is 0 Å². The Morgan fingerprint density at radius 2 is 1.43 bits per heavy atom. The van der Waals surface area contributed by atoms with Crippen LogP contribution in [0.2, 0.25) is 0 Å². The van der Waals surface area contributed by atoms with Crippen LogP contribution in [0.15, 0.2) is 78.9 Å². The molecule has 0 heterocycles. The largest absolute Gasteiger partial charge is 0.348 e. The van der Waals surface area contributed by atoms with Crippen LogP contribution in [0.4, 0.5) is 0 Å². The minimum Gasteiger partial charge on any atom is -0.348 e. The van der Waals surface area contributed by atoms with Crippen LogP contribution in [0.5, 0.6) is 0 Å². The Labute approximate surface area is 165 Å². The second-order valence-electron chi connectivity index (χ2n) is 6.90. The van der Waals surface area contributed by atoms with Crippen molar-refractivity contribution in [2.45, 2.75) is 13.0 Å². The van der Waals surface area contributed by atoms with Gasteiger partial charge in [-0.2, -0.15) is 0 Å². The Balaban J connectivity index is 1.66. The van der Waals surface area contributed by atoms with Crippen LogP contribution in [-0.4, -0.2) is 30.8 Å². The third-order valence-electron chi connectivity index (χ3n) is 4.56. The van der Waals surface area contributed by atoms with Gasteiger partial charge in [0.05, 0.1) is 0 Å². The second-order valence-corrected chi connectivity index (χ2v) is 6.90. The third kappa shape index (κ3) is 4.86. The summed E-state index contributed by atoms with van der Waals surface area (Å²) in [6.45, 7) is 0.412. The van der Waals surface area contributed by atoms with Crippen molar-refractivity contribution in [3.63, 3.8) is 0 Å². The predicted molar refractivity (Wildman–Crippen MR) is 111 cm³/mol. The van der Waals surface area contributed by atoms with Gasteiger partial charge in [0, 0.05) is 31.8 Å². The summed E-state index contributed by atoms with van der Waals surface area (Å²) < 4.78 is 0. The molecule has 1 N–H and O–H groups in total. The second kappa shape index (κ2) is 9.00. The fourth-order valence-electron chi connectivity index (χ4n) is 3.01. The SMILES string of the molecule is CN(C)C(=O)c1ccc(CNC(=O)c2ccccc2Cc2ccccc2)cc1. The monoisotopic (exact) mass is 372 g/mol. The van der Waals surface area contributed by atoms with Crippen molar-refractivity contribution in [2.24, 2.45) is 0 Å². The molecule has 4 nitrogen and oxygen atoms in total. The number of amides is 2. The summed E-state index contributed by atoms with van der Waals surface area (Å²) in [7, 11) is 3.45. The van der Waals surface area contributed by atoms with Gasteiger partial charge in [-0.25, -0.2) is 0 Å². The van der Waals surface area contributed by atoms with Crippen molar-refractivity contribution in [1.29, 1.82) is 0 Å². The highest BCUT2D eigenvalue weighted by molar-refractivity contribution is 5.96. The molecule has 142 valence electrons. The zero-order valence-corrected chi connectivity index (χ0v) is 16.2. The van der Waals surface area contributed by atoms with Crippen LogP contribution in [-0.2, 0) is 13.0 Å². The molecule has 0 fully saturated rings. The molecule has 0 aliphatic heterocycles. The lowest BCUT2D eigenvalue weighted by Gasteiger charge is -2.12. The van der Waals surface area contributed by atoms with Gasteiger partial charge in [-0.05, 0) is 41.3 Å². The average Bonchev–Trinajstić information content (AvgIpc) is 2.73. The smallest absolute Gasteiger partial charge is 0.253 e. The maximum atomic E-state index is 12.7. The fraction of sp³-hybridized carbons (Fsp3) is 0.167. The molecule has 3 aromatic rings. The normalized spacial score (nSPS) is 10.4. The van der Waals surface area contributed by atoms with Gasteiger partial charge in [0.25, 0.3) is 11.8 Å². The first-order valence-electron chi connectivity index (χ1n) is 9.25. The highest BCUT2D eigenvalue weighted by Crippen LogP contribution is 2.15. The molecule has 3 rings (SSSR count). The maximum absolute atomic E-state index is 12.7. The first kappa shape index (κ1) is 19.4. The number of hydrogen-bond acceptors (Lipinski definition) is 2. The number of hydrogen-bond donors (Lipinski definition) is 1. The van der Waals surface area contributed by atoms with E-state index in [1.807, 2.05) is 54.6 Å². The molecule has 0 unspecified atom stereocenters. The molecule has 0 bridgehead atoms. The highest BCUT2D eigenvalue weighted by atomic mass is 16.2. The molecule has 3 aromatic carbocycles. The lowest BCUT2D eigenvalue weighted by Crippen LogP contribution is -2.24. The molecule has 0 aliphatic rings. The summed E-state index contributed by atoms with van der Waals surface area (Å²) in [5, 5.41) is 2.98. The van der Waals surface area contributed by atoms with Gasteiger partial charge in [-0.1, -0.05) is 60.7 Å². The first-order chi connectivity index (χ1) is 13.5. The molecule has 0 radical (unpaired) electrons. The van der Waals surface area contributed by atoms with Crippen LogP contribution < -0.4 is 5.32 Å². The summed E-state index contributed by atoms with van der Waals surface area (Å²) >= 11 is 0. The third-order valence-corrected chi connectivity index (χ3v) is 4.56. The molecular weight excluding hydrogens is 348 g/mol. The number of nitrogens with zero attached hydrogens (tertiary/aromatic N) is 1. The number of benzene rings is 3. The van der Waals surface area contributed by atoms with Crippen LogP contribution >= 0.6 is 0 Å². The van der Waals surface area contributed by atoms with Crippen molar-refractivity contribution in [3.05, 3.63) is 107 Å². The molecule has 28 heavy (non-hydrogen) atoms. The van der Waals surface area contributed by atoms with Crippen LogP contribution in [0.1, 0.15) is 37.4 Å². The maximum Gasteiger partial charge on any atom is 0.253 e. The Kier molecular flexibility index (Phi) is 6.22. The van der Waals surface area contributed by atoms with Crippen molar-refractivity contribution < 1.29 is 9.59 Å². The zero-order valence-electron chi connectivity index (χ0n) is 16.2. The summed E-state index contributed by atoms with van der Waals surface area (Å²) in [6.07, 6.45) is 0.714. The number of carbonyl (C=O) groups excluding carboxylic acids is 2.